The molecule has 1 N–H and O–H groups in total. The van der Waals surface area contributed by atoms with Gasteiger partial charge in [-0.25, -0.2) is 0 Å². The van der Waals surface area contributed by atoms with Crippen molar-refractivity contribution in [2.75, 3.05) is 0 Å². The second-order valence-electron chi connectivity index (χ2n) is 4.35. The summed E-state index contributed by atoms with van der Waals surface area (Å²) >= 11 is 0. The Kier molecular flexibility index (Phi) is 0.980. The van der Waals surface area contributed by atoms with Crippen LogP contribution in [-0.4, -0.2) is 11.4 Å². The monoisotopic (exact) mass is 163 g/mol. The summed E-state index contributed by atoms with van der Waals surface area (Å²) < 4.78 is 0. The van der Waals surface area contributed by atoms with Crippen molar-refractivity contribution >= 4 is 5.91 Å². The van der Waals surface area contributed by atoms with Gasteiger partial charge >= 0.3 is 0 Å². The molecule has 1 heterocycles. The first-order chi connectivity index (χ1) is 5.79. The molecule has 64 valence electrons. The van der Waals surface area contributed by atoms with Crippen LogP contribution in [0.2, 0.25) is 0 Å². The lowest BCUT2D eigenvalue weighted by atomic mass is 9.59. The Bertz CT molecular complexity index is 284. The molecular formula is C10H13NO. The minimum atomic E-state index is 0.0295. The van der Waals surface area contributed by atoms with E-state index < -0.39 is 0 Å². The highest BCUT2D eigenvalue weighted by Gasteiger charge is 2.67. The number of hydrogen-bond acceptors (Lipinski definition) is 1. The van der Waals surface area contributed by atoms with Crippen LogP contribution in [0.1, 0.15) is 32.1 Å². The molecule has 1 saturated heterocycles. The average molecular weight is 163 g/mol. The van der Waals surface area contributed by atoms with E-state index in [1.165, 1.54) is 12.8 Å². The number of β-lactam (4-membered cyclic amide) rings is 1. The normalized spacial score (nSPS) is 49.2. The third-order valence-corrected chi connectivity index (χ3v) is 4.01. The van der Waals surface area contributed by atoms with Gasteiger partial charge in [-0.15, -0.1) is 0 Å². The minimum absolute atomic E-state index is 0.0295. The SMILES string of the molecule is O=C1NC23CC=CCC12CCC3. The molecule has 0 radical (unpaired) electrons. The predicted octanol–water partition coefficient (Wildman–Crippen LogP) is 1.38. The van der Waals surface area contributed by atoms with Crippen molar-refractivity contribution < 1.29 is 4.79 Å². The summed E-state index contributed by atoms with van der Waals surface area (Å²) in [5.41, 5.74) is 0.223. The molecule has 1 aliphatic heterocycles. The van der Waals surface area contributed by atoms with Crippen molar-refractivity contribution in [2.45, 2.75) is 37.6 Å². The fraction of sp³-hybridized carbons (Fsp3) is 0.700. The molecule has 2 fully saturated rings. The smallest absolute Gasteiger partial charge is 0.229 e. The minimum Gasteiger partial charge on any atom is -0.349 e. The standard InChI is InChI=1S/C10H13NO/c12-8-9-4-1-2-6-10(9,11-8)7-3-5-9/h1-2H,3-7H2,(H,11,12). The van der Waals surface area contributed by atoms with Gasteiger partial charge in [0, 0.05) is 0 Å². The van der Waals surface area contributed by atoms with E-state index in [4.69, 9.17) is 0 Å². The van der Waals surface area contributed by atoms with Gasteiger partial charge < -0.3 is 5.32 Å². The lowest BCUT2D eigenvalue weighted by molar-refractivity contribution is -0.153. The van der Waals surface area contributed by atoms with Crippen LogP contribution in [0.4, 0.5) is 0 Å². The first-order valence-corrected chi connectivity index (χ1v) is 4.77. The number of rotatable bonds is 0. The maximum absolute atomic E-state index is 11.5. The highest BCUT2D eigenvalue weighted by Crippen LogP contribution is 2.58. The van der Waals surface area contributed by atoms with Gasteiger partial charge in [-0.3, -0.25) is 4.79 Å². The van der Waals surface area contributed by atoms with Crippen LogP contribution in [0.25, 0.3) is 0 Å². The van der Waals surface area contributed by atoms with Gasteiger partial charge in [-0.2, -0.15) is 0 Å². The third kappa shape index (κ3) is 0.473. The number of carbonyl (C=O) groups is 1. The molecule has 0 spiro atoms. The quantitative estimate of drug-likeness (QED) is 0.424. The molecular weight excluding hydrogens is 150 g/mol. The zero-order valence-corrected chi connectivity index (χ0v) is 7.10. The van der Waals surface area contributed by atoms with Crippen LogP contribution >= 0.6 is 0 Å². The Morgan fingerprint density at radius 1 is 1.25 bits per heavy atom. The molecule has 2 unspecified atom stereocenters. The van der Waals surface area contributed by atoms with Crippen molar-refractivity contribution in [3.63, 3.8) is 0 Å². The van der Waals surface area contributed by atoms with Crippen LogP contribution in [0.15, 0.2) is 12.2 Å². The summed E-state index contributed by atoms with van der Waals surface area (Å²) in [5, 5.41) is 3.12. The highest BCUT2D eigenvalue weighted by molar-refractivity contribution is 5.93. The summed E-state index contributed by atoms with van der Waals surface area (Å²) in [5.74, 6) is 0.310. The van der Waals surface area contributed by atoms with Crippen molar-refractivity contribution in [3.05, 3.63) is 12.2 Å². The van der Waals surface area contributed by atoms with Gasteiger partial charge in [0.15, 0.2) is 0 Å². The Morgan fingerprint density at radius 2 is 2.08 bits per heavy atom. The van der Waals surface area contributed by atoms with E-state index in [-0.39, 0.29) is 11.0 Å². The molecule has 12 heavy (non-hydrogen) atoms. The molecule has 0 bridgehead atoms. The van der Waals surface area contributed by atoms with E-state index in [2.05, 4.69) is 17.5 Å². The van der Waals surface area contributed by atoms with Gasteiger partial charge in [0.05, 0.1) is 11.0 Å². The number of carbonyl (C=O) groups excluding carboxylic acids is 1. The molecule has 2 atom stereocenters. The molecule has 3 rings (SSSR count). The van der Waals surface area contributed by atoms with Crippen molar-refractivity contribution in [1.82, 2.24) is 5.32 Å². The average Bonchev–Trinajstić information content (AvgIpc) is 2.38. The van der Waals surface area contributed by atoms with Crippen LogP contribution in [0.5, 0.6) is 0 Å². The Balaban J connectivity index is 2.10. The largest absolute Gasteiger partial charge is 0.349 e. The molecule has 2 aliphatic carbocycles. The molecule has 1 saturated carbocycles. The first kappa shape index (κ1) is 6.70. The van der Waals surface area contributed by atoms with Crippen LogP contribution in [0, 0.1) is 5.41 Å². The van der Waals surface area contributed by atoms with Crippen LogP contribution in [0.3, 0.4) is 0 Å². The van der Waals surface area contributed by atoms with E-state index in [0.29, 0.717) is 5.91 Å². The van der Waals surface area contributed by atoms with E-state index >= 15 is 0 Å². The van der Waals surface area contributed by atoms with Gasteiger partial charge in [0.2, 0.25) is 5.91 Å². The topological polar surface area (TPSA) is 29.1 Å². The fourth-order valence-corrected chi connectivity index (χ4v) is 3.27. The van der Waals surface area contributed by atoms with Gasteiger partial charge in [-0.1, -0.05) is 12.2 Å². The van der Waals surface area contributed by atoms with Gasteiger partial charge in [0.1, 0.15) is 0 Å². The second kappa shape index (κ2) is 1.76. The summed E-state index contributed by atoms with van der Waals surface area (Å²) in [7, 11) is 0. The van der Waals surface area contributed by atoms with E-state index in [0.717, 1.165) is 19.3 Å². The van der Waals surface area contributed by atoms with Gasteiger partial charge in [-0.05, 0) is 32.1 Å². The predicted molar refractivity (Wildman–Crippen MR) is 45.5 cm³/mol. The lowest BCUT2D eigenvalue weighted by Gasteiger charge is -2.56. The Hall–Kier alpha value is -0.790. The molecule has 0 aromatic rings. The molecule has 3 aliphatic rings. The molecule has 2 nitrogen and oxygen atoms in total. The summed E-state index contributed by atoms with van der Waals surface area (Å²) in [4.78, 5) is 11.5. The van der Waals surface area contributed by atoms with E-state index in [1.807, 2.05) is 0 Å². The molecule has 1 amide bonds. The van der Waals surface area contributed by atoms with Gasteiger partial charge in [0.25, 0.3) is 0 Å². The number of nitrogens with one attached hydrogen (secondary N) is 1. The Labute approximate surface area is 72.0 Å². The zero-order valence-electron chi connectivity index (χ0n) is 7.10. The summed E-state index contributed by atoms with van der Waals surface area (Å²) in [6.45, 7) is 0. The molecule has 2 heteroatoms. The maximum atomic E-state index is 11.5. The number of amides is 1. The van der Waals surface area contributed by atoms with Crippen LogP contribution in [-0.2, 0) is 4.79 Å². The van der Waals surface area contributed by atoms with Crippen LogP contribution < -0.4 is 5.32 Å². The summed E-state index contributed by atoms with van der Waals surface area (Å²) in [6, 6.07) is 0. The highest BCUT2D eigenvalue weighted by atomic mass is 16.2. The lowest BCUT2D eigenvalue weighted by Crippen LogP contribution is -2.74. The third-order valence-electron chi connectivity index (χ3n) is 4.01. The Morgan fingerprint density at radius 3 is 2.83 bits per heavy atom. The summed E-state index contributed by atoms with van der Waals surface area (Å²) in [6.07, 6.45) is 10.00. The molecule has 0 aromatic heterocycles. The van der Waals surface area contributed by atoms with Crippen molar-refractivity contribution in [1.29, 1.82) is 0 Å². The van der Waals surface area contributed by atoms with Crippen molar-refractivity contribution in [3.8, 4) is 0 Å². The fourth-order valence-electron chi connectivity index (χ4n) is 3.27. The van der Waals surface area contributed by atoms with E-state index in [9.17, 15) is 4.79 Å². The zero-order chi connectivity index (χ0) is 8.23. The second-order valence-corrected chi connectivity index (χ2v) is 4.35. The number of allylic oxidation sites excluding steroid dienone is 1. The maximum Gasteiger partial charge on any atom is 0.229 e. The van der Waals surface area contributed by atoms with Crippen molar-refractivity contribution in [2.24, 2.45) is 5.41 Å². The van der Waals surface area contributed by atoms with E-state index in [1.54, 1.807) is 0 Å². The first-order valence-electron chi connectivity index (χ1n) is 4.77. The molecule has 0 aromatic carbocycles. The number of hydrogen-bond donors (Lipinski definition) is 1.